The lowest BCUT2D eigenvalue weighted by atomic mass is 10.2. The summed E-state index contributed by atoms with van der Waals surface area (Å²) in [7, 11) is 0. The molecule has 0 radical (unpaired) electrons. The van der Waals surface area contributed by atoms with Gasteiger partial charge in [-0.05, 0) is 19.4 Å². The molecule has 1 aliphatic heterocycles. The molecule has 0 saturated heterocycles. The minimum atomic E-state index is -0.232. The highest BCUT2D eigenvalue weighted by Gasteiger charge is 2.14. The fraction of sp³-hybridized carbons (Fsp3) is 0.556. The van der Waals surface area contributed by atoms with E-state index in [0.29, 0.717) is 18.7 Å². The van der Waals surface area contributed by atoms with Gasteiger partial charge in [0, 0.05) is 5.71 Å². The van der Waals surface area contributed by atoms with Gasteiger partial charge in [-0.25, -0.2) is 4.79 Å². The summed E-state index contributed by atoms with van der Waals surface area (Å²) in [6, 6.07) is 0. The number of ether oxygens (including phenoxy) is 1. The predicted octanol–water partition coefficient (Wildman–Crippen LogP) is 1.34. The Bertz CT molecular complexity index is 241. The number of nitrogens with zero attached hydrogens (tertiary/aromatic N) is 1. The van der Waals surface area contributed by atoms with Crippen LogP contribution in [0.2, 0.25) is 0 Å². The van der Waals surface area contributed by atoms with Crippen LogP contribution in [0.3, 0.4) is 0 Å². The molecule has 0 aliphatic carbocycles. The van der Waals surface area contributed by atoms with Crippen LogP contribution in [0.4, 0.5) is 0 Å². The minimum Gasteiger partial charge on any atom is -0.463 e. The molecule has 0 fully saturated rings. The summed E-state index contributed by atoms with van der Waals surface area (Å²) in [5, 5.41) is 0. The average molecular weight is 167 g/mol. The third-order valence-electron chi connectivity index (χ3n) is 1.69. The van der Waals surface area contributed by atoms with Gasteiger partial charge in [0.1, 0.15) is 0 Å². The number of allylic oxidation sites excluding steroid dienone is 1. The molecule has 0 aromatic heterocycles. The number of hydrogen-bond donors (Lipinski definition) is 0. The lowest BCUT2D eigenvalue weighted by Crippen LogP contribution is -2.08. The lowest BCUT2D eigenvalue weighted by molar-refractivity contribution is -0.138. The van der Waals surface area contributed by atoms with E-state index in [1.54, 1.807) is 6.92 Å². The van der Waals surface area contributed by atoms with Crippen molar-refractivity contribution in [1.82, 2.24) is 0 Å². The molecule has 0 N–H and O–H groups in total. The average Bonchev–Trinajstić information content (AvgIpc) is 2.52. The lowest BCUT2D eigenvalue weighted by Gasteiger charge is -1.99. The molecule has 0 aromatic carbocycles. The maximum Gasteiger partial charge on any atom is 0.335 e. The molecule has 0 amide bonds. The van der Waals surface area contributed by atoms with Crippen LogP contribution in [0.5, 0.6) is 0 Å². The zero-order valence-corrected chi connectivity index (χ0v) is 7.46. The van der Waals surface area contributed by atoms with Crippen LogP contribution in [0.15, 0.2) is 16.6 Å². The highest BCUT2D eigenvalue weighted by molar-refractivity contribution is 6.05. The number of carbonyl (C=O) groups excluding carboxylic acids is 1. The Labute approximate surface area is 72.1 Å². The maximum absolute atomic E-state index is 11.1. The summed E-state index contributed by atoms with van der Waals surface area (Å²) in [5.41, 5.74) is 1.66. The van der Waals surface area contributed by atoms with Gasteiger partial charge in [0.05, 0.1) is 18.7 Å². The van der Waals surface area contributed by atoms with Gasteiger partial charge in [-0.2, -0.15) is 0 Å². The molecule has 1 heterocycles. The minimum absolute atomic E-state index is 0.232. The summed E-state index contributed by atoms with van der Waals surface area (Å²) in [4.78, 5) is 15.3. The monoisotopic (exact) mass is 167 g/mol. The number of hydrogen-bond acceptors (Lipinski definition) is 3. The summed E-state index contributed by atoms with van der Waals surface area (Å²) in [6.07, 6.45) is 2.70. The summed E-state index contributed by atoms with van der Waals surface area (Å²) in [6.45, 7) is 4.73. The fourth-order valence-corrected chi connectivity index (χ4v) is 1.04. The second-order valence-electron chi connectivity index (χ2n) is 2.55. The summed E-state index contributed by atoms with van der Waals surface area (Å²) < 4.78 is 4.84. The Kier molecular flexibility index (Phi) is 3.02. The Morgan fingerprint density at radius 3 is 2.92 bits per heavy atom. The van der Waals surface area contributed by atoms with Crippen molar-refractivity contribution < 1.29 is 9.53 Å². The van der Waals surface area contributed by atoms with E-state index in [9.17, 15) is 4.79 Å². The van der Waals surface area contributed by atoms with E-state index in [2.05, 4.69) is 4.99 Å². The molecular formula is C9H13NO2. The van der Waals surface area contributed by atoms with Crippen LogP contribution in [0, 0.1) is 0 Å². The van der Waals surface area contributed by atoms with Crippen LogP contribution in [0.25, 0.3) is 0 Å². The molecular weight excluding hydrogens is 154 g/mol. The number of esters is 1. The van der Waals surface area contributed by atoms with Crippen molar-refractivity contribution in [2.45, 2.75) is 20.3 Å². The second-order valence-corrected chi connectivity index (χ2v) is 2.55. The first-order valence-electron chi connectivity index (χ1n) is 4.19. The molecule has 3 heteroatoms. The number of carbonyl (C=O) groups is 1. The molecule has 1 rings (SSSR count). The van der Waals surface area contributed by atoms with E-state index in [1.165, 1.54) is 0 Å². The zero-order chi connectivity index (χ0) is 8.97. The van der Waals surface area contributed by atoms with Crippen molar-refractivity contribution in [3.8, 4) is 0 Å². The van der Waals surface area contributed by atoms with Gasteiger partial charge in [0.25, 0.3) is 0 Å². The number of rotatable bonds is 3. The molecule has 0 bridgehead atoms. The van der Waals surface area contributed by atoms with Crippen molar-refractivity contribution in [3.05, 3.63) is 11.6 Å². The maximum atomic E-state index is 11.1. The standard InChI is InChI=1S/C9H13NO2/c1-3-8-5-7(6-10-8)9(11)12-4-2/h5H,3-4,6H2,1-2H3. The van der Waals surface area contributed by atoms with E-state index < -0.39 is 0 Å². The largest absolute Gasteiger partial charge is 0.463 e. The topological polar surface area (TPSA) is 38.7 Å². The SMILES string of the molecule is CCOC(=O)C1=CC(CC)=NC1. The van der Waals surface area contributed by atoms with Crippen molar-refractivity contribution in [2.75, 3.05) is 13.2 Å². The second kappa shape index (κ2) is 4.04. The molecule has 66 valence electrons. The Morgan fingerprint density at radius 2 is 2.42 bits per heavy atom. The normalized spacial score (nSPS) is 15.5. The quantitative estimate of drug-likeness (QED) is 0.595. The van der Waals surface area contributed by atoms with Crippen LogP contribution >= 0.6 is 0 Å². The highest BCUT2D eigenvalue weighted by atomic mass is 16.5. The Balaban J connectivity index is 2.52. The van der Waals surface area contributed by atoms with Crippen LogP contribution in [-0.2, 0) is 9.53 Å². The van der Waals surface area contributed by atoms with Gasteiger partial charge in [0.2, 0.25) is 0 Å². The van der Waals surface area contributed by atoms with Gasteiger partial charge < -0.3 is 4.74 Å². The molecule has 1 aliphatic rings. The Morgan fingerprint density at radius 1 is 1.67 bits per heavy atom. The molecule has 12 heavy (non-hydrogen) atoms. The molecule has 0 aromatic rings. The third-order valence-corrected chi connectivity index (χ3v) is 1.69. The van der Waals surface area contributed by atoms with E-state index in [4.69, 9.17) is 4.74 Å². The fourth-order valence-electron chi connectivity index (χ4n) is 1.04. The molecule has 3 nitrogen and oxygen atoms in total. The van der Waals surface area contributed by atoms with Crippen molar-refractivity contribution >= 4 is 11.7 Å². The van der Waals surface area contributed by atoms with E-state index in [-0.39, 0.29) is 5.97 Å². The van der Waals surface area contributed by atoms with Gasteiger partial charge in [-0.15, -0.1) is 0 Å². The molecule has 0 atom stereocenters. The van der Waals surface area contributed by atoms with E-state index >= 15 is 0 Å². The Hall–Kier alpha value is -1.12. The highest BCUT2D eigenvalue weighted by Crippen LogP contribution is 2.09. The summed E-state index contributed by atoms with van der Waals surface area (Å²) in [5.74, 6) is -0.232. The van der Waals surface area contributed by atoms with Crippen LogP contribution in [0.1, 0.15) is 20.3 Å². The third kappa shape index (κ3) is 1.94. The first-order valence-corrected chi connectivity index (χ1v) is 4.19. The molecule has 0 spiro atoms. The van der Waals surface area contributed by atoms with Gasteiger partial charge in [-0.1, -0.05) is 6.92 Å². The van der Waals surface area contributed by atoms with Crippen molar-refractivity contribution in [3.63, 3.8) is 0 Å². The van der Waals surface area contributed by atoms with E-state index in [0.717, 1.165) is 12.1 Å². The number of aliphatic imine (C=N–C) groups is 1. The first-order chi connectivity index (χ1) is 5.77. The molecule has 0 saturated carbocycles. The van der Waals surface area contributed by atoms with Crippen molar-refractivity contribution in [2.24, 2.45) is 4.99 Å². The van der Waals surface area contributed by atoms with E-state index in [1.807, 2.05) is 13.0 Å². The van der Waals surface area contributed by atoms with Gasteiger partial charge in [0.15, 0.2) is 0 Å². The van der Waals surface area contributed by atoms with Gasteiger partial charge in [-0.3, -0.25) is 4.99 Å². The first kappa shape index (κ1) is 8.97. The van der Waals surface area contributed by atoms with Crippen LogP contribution in [-0.4, -0.2) is 24.8 Å². The predicted molar refractivity (Wildman–Crippen MR) is 47.3 cm³/mol. The smallest absolute Gasteiger partial charge is 0.335 e. The van der Waals surface area contributed by atoms with Crippen LogP contribution < -0.4 is 0 Å². The zero-order valence-electron chi connectivity index (χ0n) is 7.46. The molecule has 0 unspecified atom stereocenters. The van der Waals surface area contributed by atoms with Crippen molar-refractivity contribution in [1.29, 1.82) is 0 Å². The summed E-state index contributed by atoms with van der Waals surface area (Å²) >= 11 is 0. The van der Waals surface area contributed by atoms with Gasteiger partial charge >= 0.3 is 5.97 Å².